The normalized spacial score (nSPS) is 11.3. The van der Waals surface area contributed by atoms with Gasteiger partial charge < -0.3 is 9.88 Å². The predicted octanol–water partition coefficient (Wildman–Crippen LogP) is 6.01. The Hall–Kier alpha value is -3.65. The molecule has 1 amide bonds. The van der Waals surface area contributed by atoms with Crippen LogP contribution in [0, 0.1) is 3.57 Å². The maximum absolute atomic E-state index is 12.2. The molecule has 6 heteroatoms. The quantitative estimate of drug-likeness (QED) is 0.146. The summed E-state index contributed by atoms with van der Waals surface area (Å²) in [4.78, 5) is 12.2. The summed E-state index contributed by atoms with van der Waals surface area (Å²) in [6.07, 6.45) is 3.80. The number of carbonyl (C=O) groups excluding carboxylic acids is 1. The van der Waals surface area contributed by atoms with E-state index in [1.807, 2.05) is 36.4 Å². The standard InChI is InChI=1S/C28H23IN4O/c29-23-12-14-24(15-13-23)30-17-28(34)32-31-16-22-19-33(27-11-4-3-10-26(22)27)18-21-8-5-7-20-6-1-2-9-25(20)21/h1-16,19,30H,17-18H2,(H,32,34)/b31-16-. The largest absolute Gasteiger partial charge is 0.376 e. The van der Waals surface area contributed by atoms with E-state index >= 15 is 0 Å². The molecule has 0 atom stereocenters. The van der Waals surface area contributed by atoms with Crippen LogP contribution < -0.4 is 10.7 Å². The highest BCUT2D eigenvalue weighted by molar-refractivity contribution is 14.1. The van der Waals surface area contributed by atoms with E-state index in [1.54, 1.807) is 6.21 Å². The van der Waals surface area contributed by atoms with E-state index in [-0.39, 0.29) is 12.5 Å². The van der Waals surface area contributed by atoms with Crippen molar-refractivity contribution in [2.75, 3.05) is 11.9 Å². The molecule has 168 valence electrons. The number of rotatable bonds is 7. The summed E-state index contributed by atoms with van der Waals surface area (Å²) in [7, 11) is 0. The van der Waals surface area contributed by atoms with Gasteiger partial charge in [0.05, 0.1) is 12.8 Å². The van der Waals surface area contributed by atoms with Crippen LogP contribution in [0.4, 0.5) is 5.69 Å². The summed E-state index contributed by atoms with van der Waals surface area (Å²) >= 11 is 2.25. The average Bonchev–Trinajstić information content (AvgIpc) is 3.21. The number of aromatic nitrogens is 1. The van der Waals surface area contributed by atoms with E-state index in [1.165, 1.54) is 16.3 Å². The summed E-state index contributed by atoms with van der Waals surface area (Å²) in [5.74, 6) is -0.200. The smallest absolute Gasteiger partial charge is 0.259 e. The van der Waals surface area contributed by atoms with Crippen LogP contribution in [-0.4, -0.2) is 23.2 Å². The van der Waals surface area contributed by atoms with Gasteiger partial charge in [0.25, 0.3) is 5.91 Å². The van der Waals surface area contributed by atoms with Gasteiger partial charge in [0.15, 0.2) is 0 Å². The molecule has 0 saturated heterocycles. The lowest BCUT2D eigenvalue weighted by Crippen LogP contribution is -2.25. The van der Waals surface area contributed by atoms with Gasteiger partial charge in [0, 0.05) is 38.5 Å². The van der Waals surface area contributed by atoms with Crippen molar-refractivity contribution in [2.24, 2.45) is 5.10 Å². The Morgan fingerprint density at radius 3 is 2.47 bits per heavy atom. The molecule has 34 heavy (non-hydrogen) atoms. The van der Waals surface area contributed by atoms with Crippen LogP contribution in [0.3, 0.4) is 0 Å². The molecule has 0 aliphatic heterocycles. The van der Waals surface area contributed by atoms with E-state index in [4.69, 9.17) is 0 Å². The first kappa shape index (κ1) is 22.2. The first-order valence-electron chi connectivity index (χ1n) is 11.0. The summed E-state index contributed by atoms with van der Waals surface area (Å²) < 4.78 is 3.38. The van der Waals surface area contributed by atoms with Crippen molar-refractivity contribution >= 4 is 62.1 Å². The van der Waals surface area contributed by atoms with Gasteiger partial charge >= 0.3 is 0 Å². The van der Waals surface area contributed by atoms with Crippen LogP contribution in [0.15, 0.2) is 102 Å². The fraction of sp³-hybridized carbons (Fsp3) is 0.0714. The van der Waals surface area contributed by atoms with Crippen molar-refractivity contribution in [2.45, 2.75) is 6.54 Å². The van der Waals surface area contributed by atoms with Crippen LogP contribution in [0.5, 0.6) is 0 Å². The Balaban J connectivity index is 1.31. The number of anilines is 1. The molecule has 0 fully saturated rings. The maximum atomic E-state index is 12.2. The summed E-state index contributed by atoms with van der Waals surface area (Å²) in [5, 5.41) is 10.9. The third-order valence-electron chi connectivity index (χ3n) is 5.73. The van der Waals surface area contributed by atoms with Gasteiger partial charge in [-0.05, 0) is 69.3 Å². The lowest BCUT2D eigenvalue weighted by Gasteiger charge is -2.09. The second kappa shape index (κ2) is 10.1. The van der Waals surface area contributed by atoms with Crippen LogP contribution in [0.25, 0.3) is 21.7 Å². The molecule has 1 heterocycles. The second-order valence-electron chi connectivity index (χ2n) is 8.02. The molecule has 0 aliphatic carbocycles. The number of hydrogen-bond acceptors (Lipinski definition) is 3. The number of nitrogens with one attached hydrogen (secondary N) is 2. The number of amides is 1. The van der Waals surface area contributed by atoms with Crippen LogP contribution >= 0.6 is 22.6 Å². The molecule has 0 aliphatic rings. The number of carbonyl (C=O) groups is 1. The topological polar surface area (TPSA) is 58.4 Å². The number of hydrazone groups is 1. The van der Waals surface area contributed by atoms with Gasteiger partial charge in [-0.3, -0.25) is 4.79 Å². The molecule has 0 radical (unpaired) electrons. The minimum atomic E-state index is -0.200. The van der Waals surface area contributed by atoms with Gasteiger partial charge in [0.1, 0.15) is 0 Å². The molecule has 0 bridgehead atoms. The molecule has 0 saturated carbocycles. The van der Waals surface area contributed by atoms with Crippen molar-refractivity contribution in [1.82, 2.24) is 9.99 Å². The van der Waals surface area contributed by atoms with Crippen molar-refractivity contribution in [1.29, 1.82) is 0 Å². The SMILES string of the molecule is O=C(CNc1ccc(I)cc1)N/N=C\c1cn(Cc2cccc3ccccc23)c2ccccc12. The minimum absolute atomic E-state index is 0.154. The van der Waals surface area contributed by atoms with Crippen molar-refractivity contribution in [3.8, 4) is 0 Å². The molecule has 5 nitrogen and oxygen atoms in total. The lowest BCUT2D eigenvalue weighted by molar-refractivity contribution is -0.119. The van der Waals surface area contributed by atoms with Crippen molar-refractivity contribution < 1.29 is 4.79 Å². The van der Waals surface area contributed by atoms with E-state index in [0.29, 0.717) is 0 Å². The van der Waals surface area contributed by atoms with E-state index in [2.05, 4.69) is 104 Å². The van der Waals surface area contributed by atoms with Crippen LogP contribution in [0.1, 0.15) is 11.1 Å². The van der Waals surface area contributed by atoms with Crippen molar-refractivity contribution in [3.63, 3.8) is 0 Å². The highest BCUT2D eigenvalue weighted by Gasteiger charge is 2.09. The highest BCUT2D eigenvalue weighted by Crippen LogP contribution is 2.24. The Morgan fingerprint density at radius 1 is 0.882 bits per heavy atom. The number of fused-ring (bicyclic) bond motifs is 2. The molecule has 0 spiro atoms. The molecule has 2 N–H and O–H groups in total. The highest BCUT2D eigenvalue weighted by atomic mass is 127. The summed E-state index contributed by atoms with van der Waals surface area (Å²) in [5.41, 5.74) is 6.87. The van der Waals surface area contributed by atoms with Crippen LogP contribution in [0.2, 0.25) is 0 Å². The minimum Gasteiger partial charge on any atom is -0.376 e. The number of nitrogens with zero attached hydrogens (tertiary/aromatic N) is 2. The van der Waals surface area contributed by atoms with Gasteiger partial charge in [-0.2, -0.15) is 5.10 Å². The van der Waals surface area contributed by atoms with E-state index in [0.717, 1.165) is 32.3 Å². The van der Waals surface area contributed by atoms with E-state index < -0.39 is 0 Å². The fourth-order valence-corrected chi connectivity index (χ4v) is 4.45. The zero-order chi connectivity index (χ0) is 23.3. The average molecular weight is 558 g/mol. The monoisotopic (exact) mass is 558 g/mol. The fourth-order valence-electron chi connectivity index (χ4n) is 4.09. The molecule has 0 unspecified atom stereocenters. The Bertz CT molecular complexity index is 1480. The van der Waals surface area contributed by atoms with Gasteiger partial charge in [0.2, 0.25) is 0 Å². The van der Waals surface area contributed by atoms with Gasteiger partial charge in [-0.25, -0.2) is 5.43 Å². The lowest BCUT2D eigenvalue weighted by atomic mass is 10.0. The molecule has 5 rings (SSSR count). The number of halogens is 1. The summed E-state index contributed by atoms with van der Waals surface area (Å²) in [6.45, 7) is 0.906. The van der Waals surface area contributed by atoms with Crippen molar-refractivity contribution in [3.05, 3.63) is 112 Å². The molecule has 5 aromatic rings. The number of benzene rings is 4. The predicted molar refractivity (Wildman–Crippen MR) is 148 cm³/mol. The molecule has 4 aromatic carbocycles. The zero-order valence-corrected chi connectivity index (χ0v) is 20.6. The molecule has 1 aromatic heterocycles. The zero-order valence-electron chi connectivity index (χ0n) is 18.4. The number of hydrogen-bond donors (Lipinski definition) is 2. The third kappa shape index (κ3) is 4.97. The Labute approximate surface area is 211 Å². The first-order chi connectivity index (χ1) is 16.7. The third-order valence-corrected chi connectivity index (χ3v) is 6.45. The van der Waals surface area contributed by atoms with E-state index in [9.17, 15) is 4.79 Å². The number of para-hydroxylation sites is 1. The van der Waals surface area contributed by atoms with Gasteiger partial charge in [-0.15, -0.1) is 0 Å². The Kier molecular flexibility index (Phi) is 6.58. The molecular formula is C28H23IN4O. The second-order valence-corrected chi connectivity index (χ2v) is 9.27. The maximum Gasteiger partial charge on any atom is 0.259 e. The Morgan fingerprint density at radius 2 is 1.62 bits per heavy atom. The first-order valence-corrected chi connectivity index (χ1v) is 12.1. The van der Waals surface area contributed by atoms with Crippen LogP contribution in [-0.2, 0) is 11.3 Å². The molecular weight excluding hydrogens is 535 g/mol. The summed E-state index contributed by atoms with van der Waals surface area (Å²) in [6, 6.07) is 31.0. The van der Waals surface area contributed by atoms with Gasteiger partial charge in [-0.1, -0.05) is 60.7 Å².